The number of carbonyl (C=O) groups is 2. The first-order chi connectivity index (χ1) is 30.4. The summed E-state index contributed by atoms with van der Waals surface area (Å²) < 4.78 is 41.4. The molecule has 8 N–H and O–H groups in total. The van der Waals surface area contributed by atoms with Gasteiger partial charge in [-0.2, -0.15) is 0 Å². The topological polar surface area (TPSA) is 261 Å². The number of hydrogen-bond donors (Lipinski definition) is 8. The average molecular weight is 925 g/mol. The van der Waals surface area contributed by atoms with Crippen molar-refractivity contribution in [2.75, 3.05) is 19.8 Å². The van der Waals surface area contributed by atoms with Gasteiger partial charge in [0.05, 0.1) is 37.4 Å². The van der Waals surface area contributed by atoms with Gasteiger partial charge < -0.3 is 74.0 Å². The third-order valence-corrected chi connectivity index (χ3v) is 19.0. The largest absolute Gasteiger partial charge is 0.481 e. The van der Waals surface area contributed by atoms with Gasteiger partial charge in [-0.1, -0.05) is 53.2 Å². The van der Waals surface area contributed by atoms with Crippen LogP contribution in [0.3, 0.4) is 0 Å². The van der Waals surface area contributed by atoms with Crippen molar-refractivity contribution in [3.63, 3.8) is 0 Å². The normalized spacial score (nSPS) is 53.0. The highest BCUT2D eigenvalue weighted by molar-refractivity contribution is 5.76. The van der Waals surface area contributed by atoms with Crippen LogP contribution in [0, 0.1) is 50.2 Å². The van der Waals surface area contributed by atoms with E-state index in [2.05, 4.69) is 47.6 Å². The van der Waals surface area contributed by atoms with E-state index in [1.165, 1.54) is 12.5 Å². The zero-order valence-corrected chi connectivity index (χ0v) is 39.3. The third kappa shape index (κ3) is 7.96. The number of hydrogen-bond acceptors (Lipinski definition) is 16. The molecule has 22 atom stereocenters. The number of carboxylic acid groups (broad SMARTS) is 1. The number of carbonyl (C=O) groups excluding carboxylic acids is 1. The fourth-order valence-electron chi connectivity index (χ4n) is 14.8. The van der Waals surface area contributed by atoms with E-state index < -0.39 is 109 Å². The van der Waals surface area contributed by atoms with Crippen molar-refractivity contribution >= 4 is 11.9 Å². The molecule has 0 aromatic rings. The van der Waals surface area contributed by atoms with E-state index in [0.29, 0.717) is 19.3 Å². The summed E-state index contributed by atoms with van der Waals surface area (Å²) in [5.74, 6) is -1.06. The van der Waals surface area contributed by atoms with Gasteiger partial charge in [0.1, 0.15) is 48.8 Å². The highest BCUT2D eigenvalue weighted by atomic mass is 16.8. The number of carboxylic acids is 1. The molecule has 0 radical (unpaired) electrons. The third-order valence-electron chi connectivity index (χ3n) is 19.0. The molecule has 0 aromatic carbocycles. The summed E-state index contributed by atoms with van der Waals surface area (Å²) in [5.41, 5.74) is -0.577. The van der Waals surface area contributed by atoms with E-state index in [4.69, 9.17) is 33.2 Å². The van der Waals surface area contributed by atoms with Crippen molar-refractivity contribution in [1.29, 1.82) is 0 Å². The highest BCUT2D eigenvalue weighted by Crippen LogP contribution is 2.76. The summed E-state index contributed by atoms with van der Waals surface area (Å²) in [5, 5.41) is 88.5. The van der Waals surface area contributed by atoms with Crippen LogP contribution in [-0.2, 0) is 42.7 Å². The van der Waals surface area contributed by atoms with Gasteiger partial charge in [0.25, 0.3) is 0 Å². The van der Waals surface area contributed by atoms with Crippen molar-refractivity contribution in [3.05, 3.63) is 11.6 Å². The Morgan fingerprint density at radius 1 is 0.738 bits per heavy atom. The maximum atomic E-state index is 13.1. The number of aliphatic carboxylic acids is 1. The summed E-state index contributed by atoms with van der Waals surface area (Å²) in [6.45, 7) is 15.7. The molecule has 370 valence electrons. The standard InChI is InChI=1S/C48H76O17/c1-23-32(52)37(64-39-35(55)34(54)28(21-60-39)62-24(2)50)36(56)40(61-23)65-38-33(53)27(51)20-59-41(38)63-31-12-13-44(5)29(45(31,6)22-49)11-14-47(8)30(44)10-9-25-26-19-43(3,4)15-17-48(26,42(57)58)18-16-46(25,47)7/h9,23,26-41,49,51-56H,10-22H2,1-8H3,(H,57,58)/t23-,26?,27+,28+,29?,30?,31?,32+,33-,34-,35+,36+,37+,38+,39-,40-,41-,44?,45?,46?,47?,48?/m0/s1. The van der Waals surface area contributed by atoms with Crippen molar-refractivity contribution in [1.82, 2.24) is 0 Å². The van der Waals surface area contributed by atoms with Gasteiger partial charge in [-0.25, -0.2) is 0 Å². The monoisotopic (exact) mass is 925 g/mol. The molecule has 0 bridgehead atoms. The van der Waals surface area contributed by atoms with Crippen LogP contribution in [0.25, 0.3) is 0 Å². The van der Waals surface area contributed by atoms with Crippen molar-refractivity contribution < 1.29 is 83.6 Å². The van der Waals surface area contributed by atoms with E-state index in [0.717, 1.165) is 51.9 Å². The summed E-state index contributed by atoms with van der Waals surface area (Å²) in [6, 6.07) is 0. The second kappa shape index (κ2) is 17.5. The minimum atomic E-state index is -1.76. The minimum Gasteiger partial charge on any atom is -0.481 e. The van der Waals surface area contributed by atoms with E-state index in [1.54, 1.807) is 0 Å². The van der Waals surface area contributed by atoms with Crippen molar-refractivity contribution in [3.8, 4) is 0 Å². The number of rotatable bonds is 9. The molecule has 0 spiro atoms. The molecule has 3 saturated heterocycles. The van der Waals surface area contributed by atoms with Gasteiger partial charge >= 0.3 is 11.9 Å². The van der Waals surface area contributed by atoms with E-state index >= 15 is 0 Å². The summed E-state index contributed by atoms with van der Waals surface area (Å²) in [4.78, 5) is 24.6. The maximum absolute atomic E-state index is 13.1. The highest BCUT2D eigenvalue weighted by Gasteiger charge is 2.70. The zero-order valence-electron chi connectivity index (χ0n) is 39.3. The molecular weight excluding hydrogens is 849 g/mol. The molecule has 8 aliphatic rings. The molecule has 17 nitrogen and oxygen atoms in total. The first-order valence-corrected chi connectivity index (χ1v) is 24.0. The minimum absolute atomic E-state index is 0.000155. The Balaban J connectivity index is 1.00. The number of allylic oxidation sites excluding steroid dienone is 2. The quantitative estimate of drug-likeness (QED) is 0.0939. The van der Waals surface area contributed by atoms with Crippen LogP contribution in [0.2, 0.25) is 0 Å². The smallest absolute Gasteiger partial charge is 0.310 e. The predicted molar refractivity (Wildman–Crippen MR) is 228 cm³/mol. The van der Waals surface area contributed by atoms with Crippen LogP contribution in [0.15, 0.2) is 11.6 Å². The van der Waals surface area contributed by atoms with Gasteiger partial charge in [0.2, 0.25) is 0 Å². The molecule has 4 saturated carbocycles. The Morgan fingerprint density at radius 3 is 2.09 bits per heavy atom. The first-order valence-electron chi connectivity index (χ1n) is 24.0. The zero-order chi connectivity index (χ0) is 47.4. The van der Waals surface area contributed by atoms with Gasteiger partial charge in [-0.05, 0) is 111 Å². The molecule has 0 aromatic heterocycles. The van der Waals surface area contributed by atoms with Crippen LogP contribution in [0.4, 0.5) is 0 Å². The van der Waals surface area contributed by atoms with Crippen LogP contribution < -0.4 is 0 Å². The van der Waals surface area contributed by atoms with E-state index in [9.17, 15) is 50.4 Å². The fourth-order valence-corrected chi connectivity index (χ4v) is 14.8. The molecule has 0 amide bonds. The Morgan fingerprint density at radius 2 is 1.42 bits per heavy atom. The Hall–Kier alpha value is -1.84. The number of aliphatic hydroxyl groups excluding tert-OH is 7. The molecule has 17 heteroatoms. The molecule has 9 unspecified atom stereocenters. The number of ether oxygens (including phenoxy) is 7. The second-order valence-electron chi connectivity index (χ2n) is 23.0. The van der Waals surface area contributed by atoms with Crippen molar-refractivity contribution in [2.45, 2.75) is 206 Å². The van der Waals surface area contributed by atoms with Gasteiger partial charge in [-0.3, -0.25) is 9.59 Å². The lowest BCUT2D eigenvalue weighted by Crippen LogP contribution is -2.67. The number of fused-ring (bicyclic) bond motifs is 7. The lowest BCUT2D eigenvalue weighted by atomic mass is 9.33. The number of esters is 1. The van der Waals surface area contributed by atoms with Gasteiger partial charge in [-0.15, -0.1) is 0 Å². The predicted octanol–water partition coefficient (Wildman–Crippen LogP) is 2.56. The SMILES string of the molecule is CC(=O)O[C@@H]1CO[C@@H](O[C@H]2[C@@H](O)[C@H](O[C@H]3[C@H](OC4CCC5(C)C(CCC6(C)C5CC=C5C7CC(C)(C)CCC7(C(=O)O)CCC56C)C4(C)CO)OC[C@@H](O)[C@@H]3O)O[C@@H](C)[C@H]2O)[C@H](O)[C@H]1O. The maximum Gasteiger partial charge on any atom is 0.310 e. The Labute approximate surface area is 382 Å². The Bertz CT molecular complexity index is 1810. The first kappa shape index (κ1) is 49.6. The number of aliphatic hydroxyl groups is 7. The summed E-state index contributed by atoms with van der Waals surface area (Å²) in [7, 11) is 0. The van der Waals surface area contributed by atoms with E-state index in [-0.39, 0.29) is 59.2 Å². The molecule has 3 aliphatic heterocycles. The molecule has 65 heavy (non-hydrogen) atoms. The molecule has 7 fully saturated rings. The molecule has 8 rings (SSSR count). The van der Waals surface area contributed by atoms with Crippen LogP contribution in [-0.4, -0.2) is 159 Å². The lowest BCUT2D eigenvalue weighted by Gasteiger charge is -2.71. The lowest BCUT2D eigenvalue weighted by molar-refractivity contribution is -0.379. The van der Waals surface area contributed by atoms with Gasteiger partial charge in [0.15, 0.2) is 25.0 Å². The van der Waals surface area contributed by atoms with Crippen LogP contribution in [0.5, 0.6) is 0 Å². The molecule has 3 heterocycles. The fraction of sp³-hybridized carbons (Fsp3) is 0.917. The summed E-state index contributed by atoms with van der Waals surface area (Å²) in [6.07, 6.45) is -9.35. The van der Waals surface area contributed by atoms with Crippen LogP contribution >= 0.6 is 0 Å². The summed E-state index contributed by atoms with van der Waals surface area (Å²) >= 11 is 0. The average Bonchev–Trinajstić information content (AvgIpc) is 3.24. The van der Waals surface area contributed by atoms with E-state index in [1.807, 2.05) is 0 Å². The molecule has 5 aliphatic carbocycles. The van der Waals surface area contributed by atoms with Crippen molar-refractivity contribution in [2.24, 2.45) is 50.2 Å². The molecular formula is C48H76O17. The Kier molecular flexibility index (Phi) is 13.4. The second-order valence-corrected chi connectivity index (χ2v) is 23.0. The van der Waals surface area contributed by atoms with Crippen LogP contribution in [0.1, 0.15) is 120 Å². The van der Waals surface area contributed by atoms with Gasteiger partial charge in [0, 0.05) is 12.3 Å².